The van der Waals surface area contributed by atoms with Gasteiger partial charge in [0.15, 0.2) is 0 Å². The second-order valence-corrected chi connectivity index (χ2v) is 4.67. The van der Waals surface area contributed by atoms with Gasteiger partial charge in [-0.05, 0) is 31.9 Å². The van der Waals surface area contributed by atoms with Crippen molar-refractivity contribution in [3.05, 3.63) is 47.0 Å². The second kappa shape index (κ2) is 5.22. The summed E-state index contributed by atoms with van der Waals surface area (Å²) in [6.07, 6.45) is 0. The van der Waals surface area contributed by atoms with E-state index in [2.05, 4.69) is 10.1 Å². The van der Waals surface area contributed by atoms with Crippen molar-refractivity contribution in [1.29, 1.82) is 0 Å². The molecule has 1 aromatic heterocycles. The van der Waals surface area contributed by atoms with Crippen molar-refractivity contribution in [1.82, 2.24) is 14.8 Å². The van der Waals surface area contributed by atoms with E-state index in [1.54, 1.807) is 6.92 Å². The Bertz CT molecular complexity index is 587. The molecule has 1 unspecified atom stereocenters. The van der Waals surface area contributed by atoms with E-state index in [1.165, 1.54) is 0 Å². The first kappa shape index (κ1) is 13.3. The SMILES string of the molecule is Cc1nc(C)n(Cc2ccc(C(C)C(=O)O)cc2)n1. The van der Waals surface area contributed by atoms with E-state index in [9.17, 15) is 4.79 Å². The topological polar surface area (TPSA) is 68.0 Å². The summed E-state index contributed by atoms with van der Waals surface area (Å²) in [7, 11) is 0. The quantitative estimate of drug-likeness (QED) is 0.913. The van der Waals surface area contributed by atoms with Crippen molar-refractivity contribution in [2.24, 2.45) is 0 Å². The lowest BCUT2D eigenvalue weighted by molar-refractivity contribution is -0.138. The van der Waals surface area contributed by atoms with E-state index >= 15 is 0 Å². The molecule has 5 heteroatoms. The lowest BCUT2D eigenvalue weighted by Crippen LogP contribution is -2.08. The van der Waals surface area contributed by atoms with Gasteiger partial charge < -0.3 is 5.11 Å². The maximum Gasteiger partial charge on any atom is 0.310 e. The summed E-state index contributed by atoms with van der Waals surface area (Å²) in [4.78, 5) is 15.2. The van der Waals surface area contributed by atoms with Crippen LogP contribution in [-0.2, 0) is 11.3 Å². The number of aryl methyl sites for hydroxylation is 2. The van der Waals surface area contributed by atoms with Gasteiger partial charge in [-0.1, -0.05) is 24.3 Å². The van der Waals surface area contributed by atoms with Crippen LogP contribution in [0.4, 0.5) is 0 Å². The number of carboxylic acid groups (broad SMARTS) is 1. The van der Waals surface area contributed by atoms with Crippen molar-refractivity contribution >= 4 is 5.97 Å². The van der Waals surface area contributed by atoms with Crippen LogP contribution >= 0.6 is 0 Å². The Balaban J connectivity index is 2.15. The second-order valence-electron chi connectivity index (χ2n) is 4.67. The highest BCUT2D eigenvalue weighted by Crippen LogP contribution is 2.16. The number of carbonyl (C=O) groups is 1. The third-order valence-electron chi connectivity index (χ3n) is 3.15. The zero-order chi connectivity index (χ0) is 14.0. The fourth-order valence-corrected chi connectivity index (χ4v) is 1.94. The summed E-state index contributed by atoms with van der Waals surface area (Å²) >= 11 is 0. The third-order valence-corrected chi connectivity index (χ3v) is 3.15. The van der Waals surface area contributed by atoms with E-state index in [1.807, 2.05) is 42.8 Å². The van der Waals surface area contributed by atoms with Gasteiger partial charge in [0.05, 0.1) is 12.5 Å². The molecule has 5 nitrogen and oxygen atoms in total. The summed E-state index contributed by atoms with van der Waals surface area (Å²) in [6, 6.07) is 7.58. The molecule has 0 aliphatic heterocycles. The van der Waals surface area contributed by atoms with E-state index in [0.29, 0.717) is 6.54 Å². The number of rotatable bonds is 4. The Morgan fingerprint density at radius 1 is 1.32 bits per heavy atom. The highest BCUT2D eigenvalue weighted by atomic mass is 16.4. The molecule has 0 spiro atoms. The van der Waals surface area contributed by atoms with Crippen LogP contribution < -0.4 is 0 Å². The standard InChI is InChI=1S/C14H17N3O2/c1-9(14(18)19)13-6-4-12(5-7-13)8-17-11(3)15-10(2)16-17/h4-7,9H,8H2,1-3H3,(H,18,19). The molecule has 19 heavy (non-hydrogen) atoms. The van der Waals surface area contributed by atoms with Crippen LogP contribution in [-0.4, -0.2) is 25.8 Å². The summed E-state index contributed by atoms with van der Waals surface area (Å²) in [5, 5.41) is 13.3. The van der Waals surface area contributed by atoms with Crippen molar-refractivity contribution < 1.29 is 9.90 Å². The number of hydrogen-bond acceptors (Lipinski definition) is 3. The first-order chi connectivity index (χ1) is 8.97. The molecule has 1 aromatic carbocycles. The zero-order valence-electron chi connectivity index (χ0n) is 11.3. The minimum Gasteiger partial charge on any atom is -0.481 e. The van der Waals surface area contributed by atoms with Crippen LogP contribution in [0, 0.1) is 13.8 Å². The maximum absolute atomic E-state index is 10.9. The minimum absolute atomic E-state index is 0.482. The monoisotopic (exact) mass is 259 g/mol. The fourth-order valence-electron chi connectivity index (χ4n) is 1.94. The molecule has 0 saturated heterocycles. The van der Waals surface area contributed by atoms with E-state index < -0.39 is 11.9 Å². The van der Waals surface area contributed by atoms with Gasteiger partial charge in [-0.2, -0.15) is 5.10 Å². The molecule has 0 radical (unpaired) electrons. The largest absolute Gasteiger partial charge is 0.481 e. The van der Waals surface area contributed by atoms with Crippen LogP contribution in [0.5, 0.6) is 0 Å². The van der Waals surface area contributed by atoms with Gasteiger partial charge in [0.1, 0.15) is 11.6 Å². The maximum atomic E-state index is 10.9. The number of nitrogens with zero attached hydrogens (tertiary/aromatic N) is 3. The van der Waals surface area contributed by atoms with Crippen molar-refractivity contribution in [3.63, 3.8) is 0 Å². The van der Waals surface area contributed by atoms with E-state index in [0.717, 1.165) is 22.8 Å². The van der Waals surface area contributed by atoms with E-state index in [-0.39, 0.29) is 0 Å². The van der Waals surface area contributed by atoms with Crippen LogP contribution in [0.15, 0.2) is 24.3 Å². The Hall–Kier alpha value is -2.17. The molecule has 2 aromatic rings. The molecule has 0 bridgehead atoms. The molecule has 0 fully saturated rings. The molecule has 1 atom stereocenters. The highest BCUT2D eigenvalue weighted by molar-refractivity contribution is 5.75. The zero-order valence-corrected chi connectivity index (χ0v) is 11.3. The van der Waals surface area contributed by atoms with Crippen LogP contribution in [0.1, 0.15) is 35.6 Å². The van der Waals surface area contributed by atoms with Gasteiger partial charge in [-0.25, -0.2) is 9.67 Å². The number of hydrogen-bond donors (Lipinski definition) is 1. The van der Waals surface area contributed by atoms with Gasteiger partial charge in [0, 0.05) is 0 Å². The molecule has 0 saturated carbocycles. The molecule has 0 amide bonds. The molecule has 0 aliphatic rings. The fraction of sp³-hybridized carbons (Fsp3) is 0.357. The van der Waals surface area contributed by atoms with Crippen LogP contribution in [0.25, 0.3) is 0 Å². The summed E-state index contributed by atoms with van der Waals surface area (Å²) in [6.45, 7) is 6.11. The van der Waals surface area contributed by atoms with Gasteiger partial charge in [-0.15, -0.1) is 0 Å². The van der Waals surface area contributed by atoms with Gasteiger partial charge in [-0.3, -0.25) is 4.79 Å². The smallest absolute Gasteiger partial charge is 0.310 e. The lowest BCUT2D eigenvalue weighted by Gasteiger charge is -2.08. The molecular formula is C14H17N3O2. The Morgan fingerprint density at radius 3 is 2.42 bits per heavy atom. The molecule has 0 aliphatic carbocycles. The highest BCUT2D eigenvalue weighted by Gasteiger charge is 2.13. The molecule has 1 heterocycles. The number of carboxylic acids is 1. The number of aliphatic carboxylic acids is 1. The number of benzene rings is 1. The van der Waals surface area contributed by atoms with Gasteiger partial charge >= 0.3 is 5.97 Å². The van der Waals surface area contributed by atoms with E-state index in [4.69, 9.17) is 5.11 Å². The molecule has 1 N–H and O–H groups in total. The predicted molar refractivity (Wildman–Crippen MR) is 71.1 cm³/mol. The Labute approximate surface area is 111 Å². The average molecular weight is 259 g/mol. The first-order valence-electron chi connectivity index (χ1n) is 6.17. The predicted octanol–water partition coefficient (Wildman–Crippen LogP) is 2.13. The average Bonchev–Trinajstić information content (AvgIpc) is 2.68. The van der Waals surface area contributed by atoms with Gasteiger partial charge in [0.2, 0.25) is 0 Å². The minimum atomic E-state index is -0.810. The van der Waals surface area contributed by atoms with Crippen LogP contribution in [0.2, 0.25) is 0 Å². The van der Waals surface area contributed by atoms with Crippen molar-refractivity contribution in [3.8, 4) is 0 Å². The summed E-state index contributed by atoms with van der Waals surface area (Å²) < 4.78 is 1.84. The normalized spacial score (nSPS) is 12.4. The summed E-state index contributed by atoms with van der Waals surface area (Å²) in [5.74, 6) is 0.342. The number of aromatic nitrogens is 3. The van der Waals surface area contributed by atoms with Crippen molar-refractivity contribution in [2.75, 3.05) is 0 Å². The Morgan fingerprint density at radius 2 is 1.95 bits per heavy atom. The molecule has 2 rings (SSSR count). The van der Waals surface area contributed by atoms with Gasteiger partial charge in [0.25, 0.3) is 0 Å². The first-order valence-corrected chi connectivity index (χ1v) is 6.17. The Kier molecular flexibility index (Phi) is 3.64. The lowest BCUT2D eigenvalue weighted by atomic mass is 10.0. The van der Waals surface area contributed by atoms with Crippen LogP contribution in [0.3, 0.4) is 0 Å². The summed E-state index contributed by atoms with van der Waals surface area (Å²) in [5.41, 5.74) is 1.89. The third kappa shape index (κ3) is 2.99. The molecule has 100 valence electrons. The van der Waals surface area contributed by atoms with Crippen molar-refractivity contribution in [2.45, 2.75) is 33.2 Å². The molecular weight excluding hydrogens is 242 g/mol.